The van der Waals surface area contributed by atoms with Gasteiger partial charge in [-0.2, -0.15) is 4.31 Å². The molecule has 0 aromatic heterocycles. The van der Waals surface area contributed by atoms with Gasteiger partial charge in [-0.1, -0.05) is 20.8 Å². The maximum atomic E-state index is 12.2. The fraction of sp³-hybridized carbons (Fsp3) is 0.923. The molecular weight excluding hydrogens is 264 g/mol. The molecule has 0 spiro atoms. The van der Waals surface area contributed by atoms with Gasteiger partial charge in [-0.25, -0.2) is 8.42 Å². The second-order valence-corrected chi connectivity index (χ2v) is 8.02. The normalized spacial score (nSPS) is 21.2. The minimum absolute atomic E-state index is 0.0241. The molecule has 1 rings (SSSR count). The van der Waals surface area contributed by atoms with Crippen molar-refractivity contribution >= 4 is 15.9 Å². The molecule has 0 bridgehead atoms. The molecule has 0 radical (unpaired) electrons. The maximum Gasteiger partial charge on any atom is 0.237 e. The highest BCUT2D eigenvalue weighted by molar-refractivity contribution is 7.88. The number of carbonyl (C=O) groups excluding carboxylic acids is 1. The fourth-order valence-corrected chi connectivity index (χ4v) is 3.31. The Kier molecular flexibility index (Phi) is 5.80. The van der Waals surface area contributed by atoms with E-state index >= 15 is 0 Å². The molecule has 0 aromatic carbocycles. The van der Waals surface area contributed by atoms with Gasteiger partial charge in [-0.05, 0) is 24.7 Å². The predicted molar refractivity (Wildman–Crippen MR) is 76.2 cm³/mol. The van der Waals surface area contributed by atoms with Crippen LogP contribution in [0.25, 0.3) is 0 Å². The van der Waals surface area contributed by atoms with Gasteiger partial charge in [0.05, 0.1) is 12.8 Å². The van der Waals surface area contributed by atoms with Crippen LogP contribution < -0.4 is 0 Å². The molecule has 1 unspecified atom stereocenters. The molecular formula is C13H26N2O3S. The Bertz CT molecular complexity index is 406. The minimum Gasteiger partial charge on any atom is -0.341 e. The first-order valence-electron chi connectivity index (χ1n) is 6.93. The molecule has 1 heterocycles. The number of carbonyl (C=O) groups is 1. The second kappa shape index (κ2) is 6.70. The lowest BCUT2D eigenvalue weighted by Crippen LogP contribution is -2.46. The van der Waals surface area contributed by atoms with Crippen molar-refractivity contribution in [2.24, 2.45) is 11.8 Å². The number of hydrogen-bond donors (Lipinski definition) is 0. The van der Waals surface area contributed by atoms with E-state index in [-0.39, 0.29) is 18.4 Å². The van der Waals surface area contributed by atoms with Crippen LogP contribution in [0.4, 0.5) is 0 Å². The van der Waals surface area contributed by atoms with Gasteiger partial charge in [0.2, 0.25) is 15.9 Å². The smallest absolute Gasteiger partial charge is 0.237 e. The SMILES string of the molecule is CC(C)CN(CC(=O)N1CCCC(C)C1)S(C)(=O)=O. The Morgan fingerprint density at radius 3 is 2.53 bits per heavy atom. The lowest BCUT2D eigenvalue weighted by molar-refractivity contribution is -0.133. The van der Waals surface area contributed by atoms with Gasteiger partial charge in [0.25, 0.3) is 0 Å². The third kappa shape index (κ3) is 5.48. The summed E-state index contributed by atoms with van der Waals surface area (Å²) in [4.78, 5) is 14.0. The van der Waals surface area contributed by atoms with E-state index < -0.39 is 10.0 Å². The van der Waals surface area contributed by atoms with E-state index in [2.05, 4.69) is 6.92 Å². The fourth-order valence-electron chi connectivity index (χ4n) is 2.39. The molecule has 0 saturated carbocycles. The van der Waals surface area contributed by atoms with E-state index in [4.69, 9.17) is 0 Å². The van der Waals surface area contributed by atoms with Crippen LogP contribution in [-0.2, 0) is 14.8 Å². The van der Waals surface area contributed by atoms with Gasteiger partial charge in [-0.15, -0.1) is 0 Å². The van der Waals surface area contributed by atoms with Crippen molar-refractivity contribution in [3.8, 4) is 0 Å². The molecule has 19 heavy (non-hydrogen) atoms. The van der Waals surface area contributed by atoms with Crippen molar-refractivity contribution in [2.75, 3.05) is 32.4 Å². The summed E-state index contributed by atoms with van der Waals surface area (Å²) in [5.74, 6) is 0.648. The highest BCUT2D eigenvalue weighted by atomic mass is 32.2. The quantitative estimate of drug-likeness (QED) is 0.763. The molecule has 1 fully saturated rings. The van der Waals surface area contributed by atoms with Crippen LogP contribution in [0.5, 0.6) is 0 Å². The first-order valence-corrected chi connectivity index (χ1v) is 8.78. The second-order valence-electron chi connectivity index (χ2n) is 6.04. The molecule has 1 aliphatic rings. The van der Waals surface area contributed by atoms with Crippen molar-refractivity contribution in [1.29, 1.82) is 0 Å². The summed E-state index contributed by atoms with van der Waals surface area (Å²) >= 11 is 0. The predicted octanol–water partition coefficient (Wildman–Crippen LogP) is 1.16. The molecule has 0 aromatic rings. The largest absolute Gasteiger partial charge is 0.341 e. The molecule has 112 valence electrons. The standard InChI is InChI=1S/C13H26N2O3S/c1-11(2)8-15(19(4,17)18)10-13(16)14-7-5-6-12(3)9-14/h11-12H,5-10H2,1-4H3. The Balaban J connectivity index is 2.65. The molecule has 1 aliphatic heterocycles. The molecule has 0 aliphatic carbocycles. The number of piperidine rings is 1. The first kappa shape index (κ1) is 16.4. The van der Waals surface area contributed by atoms with Crippen LogP contribution in [0.1, 0.15) is 33.6 Å². The van der Waals surface area contributed by atoms with E-state index in [1.165, 1.54) is 10.6 Å². The van der Waals surface area contributed by atoms with Crippen molar-refractivity contribution in [3.05, 3.63) is 0 Å². The van der Waals surface area contributed by atoms with Gasteiger partial charge < -0.3 is 4.90 Å². The van der Waals surface area contributed by atoms with E-state index in [1.54, 1.807) is 4.90 Å². The molecule has 6 heteroatoms. The third-order valence-electron chi connectivity index (χ3n) is 3.36. The summed E-state index contributed by atoms with van der Waals surface area (Å²) in [6.45, 7) is 7.90. The van der Waals surface area contributed by atoms with Gasteiger partial charge >= 0.3 is 0 Å². The van der Waals surface area contributed by atoms with Gasteiger partial charge in [0, 0.05) is 19.6 Å². The van der Waals surface area contributed by atoms with Crippen LogP contribution in [-0.4, -0.2) is 56.0 Å². The minimum atomic E-state index is -3.32. The van der Waals surface area contributed by atoms with Gasteiger partial charge in [0.1, 0.15) is 0 Å². The summed E-state index contributed by atoms with van der Waals surface area (Å²) in [6.07, 6.45) is 3.32. The average Bonchev–Trinajstić information content (AvgIpc) is 2.26. The van der Waals surface area contributed by atoms with Crippen LogP contribution in [0.2, 0.25) is 0 Å². The van der Waals surface area contributed by atoms with Gasteiger partial charge in [0.15, 0.2) is 0 Å². The maximum absolute atomic E-state index is 12.2. The number of sulfonamides is 1. The third-order valence-corrected chi connectivity index (χ3v) is 4.58. The van der Waals surface area contributed by atoms with Crippen LogP contribution in [0.3, 0.4) is 0 Å². The van der Waals surface area contributed by atoms with Crippen LogP contribution in [0.15, 0.2) is 0 Å². The highest BCUT2D eigenvalue weighted by Gasteiger charge is 2.26. The zero-order valence-corrected chi connectivity index (χ0v) is 13.2. The highest BCUT2D eigenvalue weighted by Crippen LogP contribution is 2.16. The average molecular weight is 290 g/mol. The molecule has 1 amide bonds. The zero-order valence-electron chi connectivity index (χ0n) is 12.4. The Morgan fingerprint density at radius 1 is 1.42 bits per heavy atom. The Morgan fingerprint density at radius 2 is 2.05 bits per heavy atom. The van der Waals surface area contributed by atoms with E-state index in [0.29, 0.717) is 12.5 Å². The summed E-state index contributed by atoms with van der Waals surface area (Å²) in [5.41, 5.74) is 0. The van der Waals surface area contributed by atoms with Crippen LogP contribution >= 0.6 is 0 Å². The number of likely N-dealkylation sites (tertiary alicyclic amines) is 1. The Labute approximate surface area is 117 Å². The van der Waals surface area contributed by atoms with Gasteiger partial charge in [-0.3, -0.25) is 4.79 Å². The number of rotatable bonds is 5. The Hall–Kier alpha value is -0.620. The summed E-state index contributed by atoms with van der Waals surface area (Å²) in [5, 5.41) is 0. The van der Waals surface area contributed by atoms with Crippen molar-refractivity contribution in [1.82, 2.24) is 9.21 Å². The number of hydrogen-bond acceptors (Lipinski definition) is 3. The molecule has 5 nitrogen and oxygen atoms in total. The summed E-state index contributed by atoms with van der Waals surface area (Å²) in [7, 11) is -3.32. The monoisotopic (exact) mass is 290 g/mol. The first-order chi connectivity index (χ1) is 8.70. The molecule has 0 N–H and O–H groups in total. The van der Waals surface area contributed by atoms with E-state index in [0.717, 1.165) is 25.9 Å². The van der Waals surface area contributed by atoms with E-state index in [1.807, 2.05) is 13.8 Å². The number of amides is 1. The number of nitrogens with zero attached hydrogens (tertiary/aromatic N) is 2. The lowest BCUT2D eigenvalue weighted by atomic mass is 10.0. The topological polar surface area (TPSA) is 57.7 Å². The zero-order chi connectivity index (χ0) is 14.6. The molecule has 1 saturated heterocycles. The van der Waals surface area contributed by atoms with Crippen molar-refractivity contribution in [3.63, 3.8) is 0 Å². The summed E-state index contributed by atoms with van der Waals surface area (Å²) in [6, 6.07) is 0. The van der Waals surface area contributed by atoms with Crippen LogP contribution in [0, 0.1) is 11.8 Å². The molecule has 1 atom stereocenters. The van der Waals surface area contributed by atoms with E-state index in [9.17, 15) is 13.2 Å². The lowest BCUT2D eigenvalue weighted by Gasteiger charge is -2.32. The van der Waals surface area contributed by atoms with Crippen molar-refractivity contribution < 1.29 is 13.2 Å². The van der Waals surface area contributed by atoms with Crippen molar-refractivity contribution in [2.45, 2.75) is 33.6 Å². The summed E-state index contributed by atoms with van der Waals surface area (Å²) < 4.78 is 24.7.